The SMILES string of the molecule is CN1CCc2cc(CNC(C)(C)c3nccs3)ccc21. The third-order valence-corrected chi connectivity index (χ3v) is 5.07. The fraction of sp³-hybridized carbons (Fsp3) is 0.438. The molecule has 0 radical (unpaired) electrons. The second kappa shape index (κ2) is 5.19. The number of rotatable bonds is 4. The van der Waals surface area contributed by atoms with Crippen molar-refractivity contribution >= 4 is 17.0 Å². The number of fused-ring (bicyclic) bond motifs is 1. The zero-order valence-electron chi connectivity index (χ0n) is 12.3. The van der Waals surface area contributed by atoms with Gasteiger partial charge in [-0.1, -0.05) is 12.1 Å². The normalized spacial score (nSPS) is 14.7. The van der Waals surface area contributed by atoms with Crippen LogP contribution in [-0.4, -0.2) is 18.6 Å². The molecule has 20 heavy (non-hydrogen) atoms. The van der Waals surface area contributed by atoms with Crippen LogP contribution in [0.5, 0.6) is 0 Å². The lowest BCUT2D eigenvalue weighted by molar-refractivity contribution is 0.399. The number of hydrogen-bond acceptors (Lipinski definition) is 4. The van der Waals surface area contributed by atoms with E-state index in [2.05, 4.69) is 54.3 Å². The summed E-state index contributed by atoms with van der Waals surface area (Å²) in [7, 11) is 2.16. The molecule has 106 valence electrons. The third kappa shape index (κ3) is 2.58. The topological polar surface area (TPSA) is 28.2 Å². The summed E-state index contributed by atoms with van der Waals surface area (Å²) < 4.78 is 0. The fourth-order valence-corrected chi connectivity index (χ4v) is 3.40. The molecule has 4 heteroatoms. The van der Waals surface area contributed by atoms with Crippen molar-refractivity contribution < 1.29 is 0 Å². The Bertz CT molecular complexity index is 590. The molecule has 3 rings (SSSR count). The Morgan fingerprint density at radius 2 is 2.25 bits per heavy atom. The van der Waals surface area contributed by atoms with Crippen molar-refractivity contribution in [2.24, 2.45) is 0 Å². The van der Waals surface area contributed by atoms with Gasteiger partial charge < -0.3 is 10.2 Å². The van der Waals surface area contributed by atoms with E-state index in [9.17, 15) is 0 Å². The number of nitrogens with zero attached hydrogens (tertiary/aromatic N) is 2. The van der Waals surface area contributed by atoms with Gasteiger partial charge in [0.05, 0.1) is 5.54 Å². The highest BCUT2D eigenvalue weighted by atomic mass is 32.1. The lowest BCUT2D eigenvalue weighted by Crippen LogP contribution is -2.35. The van der Waals surface area contributed by atoms with Crippen LogP contribution in [0.4, 0.5) is 5.69 Å². The molecular weight excluding hydrogens is 266 g/mol. The molecule has 0 aliphatic carbocycles. The molecule has 0 saturated heterocycles. The summed E-state index contributed by atoms with van der Waals surface area (Å²) in [5.41, 5.74) is 4.12. The van der Waals surface area contributed by atoms with Crippen molar-refractivity contribution in [1.29, 1.82) is 0 Å². The van der Waals surface area contributed by atoms with E-state index in [1.807, 2.05) is 11.6 Å². The standard InChI is InChI=1S/C16H21N3S/c1-16(2,15-17-7-9-20-15)18-11-12-4-5-14-13(10-12)6-8-19(14)3/h4-5,7,9-10,18H,6,8,11H2,1-3H3. The highest BCUT2D eigenvalue weighted by molar-refractivity contribution is 7.09. The van der Waals surface area contributed by atoms with Crippen LogP contribution in [-0.2, 0) is 18.5 Å². The first-order valence-electron chi connectivity index (χ1n) is 7.04. The molecule has 1 aliphatic heterocycles. The zero-order valence-corrected chi connectivity index (χ0v) is 13.1. The summed E-state index contributed by atoms with van der Waals surface area (Å²) in [5.74, 6) is 0. The minimum atomic E-state index is -0.0794. The smallest absolute Gasteiger partial charge is 0.112 e. The average molecular weight is 287 g/mol. The first kappa shape index (κ1) is 13.6. The quantitative estimate of drug-likeness (QED) is 0.936. The van der Waals surface area contributed by atoms with Gasteiger partial charge in [0, 0.05) is 37.4 Å². The average Bonchev–Trinajstić information content (AvgIpc) is 3.07. The minimum absolute atomic E-state index is 0.0794. The van der Waals surface area contributed by atoms with E-state index >= 15 is 0 Å². The molecule has 1 aliphatic rings. The second-order valence-electron chi connectivity index (χ2n) is 5.95. The summed E-state index contributed by atoms with van der Waals surface area (Å²) in [4.78, 5) is 6.74. The molecule has 2 aromatic rings. The van der Waals surface area contributed by atoms with Gasteiger partial charge in [-0.05, 0) is 37.5 Å². The molecular formula is C16H21N3S. The van der Waals surface area contributed by atoms with Gasteiger partial charge >= 0.3 is 0 Å². The van der Waals surface area contributed by atoms with Crippen LogP contribution in [0.1, 0.15) is 30.0 Å². The number of nitrogens with one attached hydrogen (secondary N) is 1. The van der Waals surface area contributed by atoms with E-state index in [0.717, 1.165) is 24.5 Å². The van der Waals surface area contributed by atoms with Crippen molar-refractivity contribution in [3.63, 3.8) is 0 Å². The lowest BCUT2D eigenvalue weighted by Gasteiger charge is -2.24. The van der Waals surface area contributed by atoms with E-state index < -0.39 is 0 Å². The Morgan fingerprint density at radius 1 is 1.40 bits per heavy atom. The fourth-order valence-electron chi connectivity index (χ4n) is 2.66. The first-order valence-corrected chi connectivity index (χ1v) is 7.92. The summed E-state index contributed by atoms with van der Waals surface area (Å²) >= 11 is 1.71. The number of likely N-dealkylation sites (N-methyl/N-ethyl adjacent to an activating group) is 1. The molecule has 1 aromatic carbocycles. The highest BCUT2D eigenvalue weighted by Crippen LogP contribution is 2.28. The van der Waals surface area contributed by atoms with E-state index in [4.69, 9.17) is 0 Å². The van der Waals surface area contributed by atoms with Gasteiger partial charge in [-0.25, -0.2) is 4.98 Å². The van der Waals surface area contributed by atoms with Crippen molar-refractivity contribution in [3.8, 4) is 0 Å². The summed E-state index contributed by atoms with van der Waals surface area (Å²) in [5, 5.41) is 6.78. The molecule has 1 aromatic heterocycles. The number of hydrogen-bond donors (Lipinski definition) is 1. The van der Waals surface area contributed by atoms with Crippen LogP contribution in [0.25, 0.3) is 0 Å². The predicted molar refractivity (Wildman–Crippen MR) is 85.4 cm³/mol. The van der Waals surface area contributed by atoms with E-state index in [1.165, 1.54) is 16.8 Å². The predicted octanol–water partition coefficient (Wildman–Crippen LogP) is 3.16. The van der Waals surface area contributed by atoms with Crippen LogP contribution in [0.3, 0.4) is 0 Å². The van der Waals surface area contributed by atoms with Gasteiger partial charge in [-0.3, -0.25) is 0 Å². The van der Waals surface area contributed by atoms with Crippen molar-refractivity contribution in [2.75, 3.05) is 18.5 Å². The van der Waals surface area contributed by atoms with Crippen LogP contribution in [0.15, 0.2) is 29.8 Å². The molecule has 0 bridgehead atoms. The van der Waals surface area contributed by atoms with Gasteiger partial charge in [0.2, 0.25) is 0 Å². The molecule has 0 unspecified atom stereocenters. The van der Waals surface area contributed by atoms with Gasteiger partial charge in [-0.15, -0.1) is 11.3 Å². The molecule has 3 nitrogen and oxygen atoms in total. The summed E-state index contributed by atoms with van der Waals surface area (Å²) in [6, 6.07) is 6.81. The Kier molecular flexibility index (Phi) is 3.52. The monoisotopic (exact) mass is 287 g/mol. The molecule has 0 saturated carbocycles. The van der Waals surface area contributed by atoms with Crippen molar-refractivity contribution in [3.05, 3.63) is 45.9 Å². The van der Waals surface area contributed by atoms with Crippen LogP contribution in [0, 0.1) is 0 Å². The number of benzene rings is 1. The van der Waals surface area contributed by atoms with Crippen molar-refractivity contribution in [1.82, 2.24) is 10.3 Å². The van der Waals surface area contributed by atoms with Gasteiger partial charge in [0.1, 0.15) is 5.01 Å². The van der Waals surface area contributed by atoms with Gasteiger partial charge in [0.25, 0.3) is 0 Å². The minimum Gasteiger partial charge on any atom is -0.374 e. The molecule has 0 spiro atoms. The largest absolute Gasteiger partial charge is 0.374 e. The zero-order chi connectivity index (χ0) is 14.2. The number of aromatic nitrogens is 1. The third-order valence-electron chi connectivity index (χ3n) is 3.97. The van der Waals surface area contributed by atoms with Crippen LogP contribution >= 0.6 is 11.3 Å². The number of anilines is 1. The lowest BCUT2D eigenvalue weighted by atomic mass is 10.0. The van der Waals surface area contributed by atoms with Gasteiger partial charge in [0.15, 0.2) is 0 Å². The van der Waals surface area contributed by atoms with E-state index in [1.54, 1.807) is 11.3 Å². The Balaban J connectivity index is 1.70. The Hall–Kier alpha value is -1.39. The summed E-state index contributed by atoms with van der Waals surface area (Å²) in [6.45, 7) is 6.39. The Morgan fingerprint density at radius 3 is 3.00 bits per heavy atom. The molecule has 1 N–H and O–H groups in total. The van der Waals surface area contributed by atoms with Gasteiger partial charge in [-0.2, -0.15) is 0 Å². The molecule has 0 atom stereocenters. The van der Waals surface area contributed by atoms with Crippen LogP contribution in [0.2, 0.25) is 0 Å². The van der Waals surface area contributed by atoms with E-state index in [0.29, 0.717) is 0 Å². The van der Waals surface area contributed by atoms with E-state index in [-0.39, 0.29) is 5.54 Å². The maximum Gasteiger partial charge on any atom is 0.112 e. The molecule has 0 amide bonds. The Labute approximate surface area is 124 Å². The van der Waals surface area contributed by atoms with Crippen molar-refractivity contribution in [2.45, 2.75) is 32.4 Å². The molecule has 2 heterocycles. The maximum atomic E-state index is 4.42. The van der Waals surface area contributed by atoms with Crippen LogP contribution < -0.4 is 10.2 Å². The number of thiazole rings is 1. The highest BCUT2D eigenvalue weighted by Gasteiger charge is 2.22. The second-order valence-corrected chi connectivity index (χ2v) is 6.84. The summed E-state index contributed by atoms with van der Waals surface area (Å²) in [6.07, 6.45) is 3.03. The maximum absolute atomic E-state index is 4.42. The first-order chi connectivity index (χ1) is 9.56. The molecule has 0 fully saturated rings.